The molecule has 2 bridgehead atoms. The average Bonchev–Trinajstić information content (AvgIpc) is 3.66. The van der Waals surface area contributed by atoms with Crippen LogP contribution in [-0.2, 0) is 11.2 Å². The first-order chi connectivity index (χ1) is 17.8. The Kier molecular flexibility index (Phi) is 7.61. The minimum Gasteiger partial charge on any atom is -0.339 e. The molecular formula is C28H34FN5O2S. The van der Waals surface area contributed by atoms with Crippen LogP contribution >= 0.6 is 11.3 Å². The Morgan fingerprint density at radius 1 is 1.19 bits per heavy atom. The van der Waals surface area contributed by atoms with Crippen molar-refractivity contribution in [2.45, 2.75) is 63.7 Å². The van der Waals surface area contributed by atoms with Crippen LogP contribution in [0, 0.1) is 23.1 Å². The fourth-order valence-electron chi connectivity index (χ4n) is 5.85. The molecule has 4 atom stereocenters. The molecule has 2 saturated heterocycles. The molecule has 3 fully saturated rings. The number of hydrogen-bond donors (Lipinski definition) is 2. The molecular weight excluding hydrogens is 489 g/mol. The molecule has 0 spiro atoms. The van der Waals surface area contributed by atoms with E-state index in [1.54, 1.807) is 6.07 Å². The van der Waals surface area contributed by atoms with Crippen molar-refractivity contribution in [3.8, 4) is 17.2 Å². The second-order valence-corrected chi connectivity index (χ2v) is 11.6. The van der Waals surface area contributed by atoms with Gasteiger partial charge in [0.15, 0.2) is 0 Å². The Morgan fingerprint density at radius 2 is 1.97 bits per heavy atom. The number of amides is 2. The summed E-state index contributed by atoms with van der Waals surface area (Å²) in [5.74, 6) is -0.243. The van der Waals surface area contributed by atoms with Crippen LogP contribution in [0.15, 0.2) is 29.6 Å². The largest absolute Gasteiger partial charge is 0.339 e. The van der Waals surface area contributed by atoms with Gasteiger partial charge in [-0.25, -0.2) is 4.39 Å². The Labute approximate surface area is 221 Å². The van der Waals surface area contributed by atoms with Crippen molar-refractivity contribution < 1.29 is 14.0 Å². The third kappa shape index (κ3) is 5.57. The van der Waals surface area contributed by atoms with Crippen LogP contribution in [-0.4, -0.2) is 72.0 Å². The summed E-state index contributed by atoms with van der Waals surface area (Å²) in [6, 6.07) is 8.68. The molecule has 1 aliphatic carbocycles. The number of carbonyl (C=O) groups is 2. The smallest absolute Gasteiger partial charge is 0.264 e. The Morgan fingerprint density at radius 3 is 2.59 bits per heavy atom. The van der Waals surface area contributed by atoms with Gasteiger partial charge in [0, 0.05) is 44.7 Å². The summed E-state index contributed by atoms with van der Waals surface area (Å²) in [6.07, 6.45) is 3.25. The minimum atomic E-state index is -0.796. The molecule has 3 heterocycles. The second kappa shape index (κ2) is 10.9. The van der Waals surface area contributed by atoms with Gasteiger partial charge in [-0.15, -0.1) is 11.3 Å². The lowest BCUT2D eigenvalue weighted by Gasteiger charge is -2.36. The molecule has 1 aromatic carbocycles. The number of rotatable bonds is 7. The fraction of sp³-hybridized carbons (Fsp3) is 0.536. The number of piperazine rings is 1. The highest BCUT2D eigenvalue weighted by atomic mass is 32.1. The molecule has 9 heteroatoms. The first-order valence-electron chi connectivity index (χ1n) is 13.2. The number of halogens is 1. The number of hydrogen-bond acceptors (Lipinski definition) is 6. The predicted molar refractivity (Wildman–Crippen MR) is 142 cm³/mol. The average molecular weight is 524 g/mol. The highest BCUT2D eigenvalue weighted by Gasteiger charge is 2.43. The summed E-state index contributed by atoms with van der Waals surface area (Å²) in [5, 5.41) is 17.6. The van der Waals surface area contributed by atoms with Crippen molar-refractivity contribution in [1.29, 1.82) is 5.26 Å². The van der Waals surface area contributed by atoms with Crippen LogP contribution in [0.4, 0.5) is 4.39 Å². The molecule has 2 aromatic rings. The molecule has 2 amide bonds. The van der Waals surface area contributed by atoms with Crippen molar-refractivity contribution >= 4 is 23.2 Å². The Bertz CT molecular complexity index is 1200. The van der Waals surface area contributed by atoms with E-state index in [0.717, 1.165) is 37.9 Å². The first-order valence-corrected chi connectivity index (χ1v) is 14.1. The lowest BCUT2D eigenvalue weighted by atomic mass is 9.98. The highest BCUT2D eigenvalue weighted by molar-refractivity contribution is 7.12. The Balaban J connectivity index is 1.20. The molecule has 196 valence electrons. The van der Waals surface area contributed by atoms with E-state index < -0.39 is 11.9 Å². The van der Waals surface area contributed by atoms with E-state index in [-0.39, 0.29) is 24.3 Å². The zero-order valence-electron chi connectivity index (χ0n) is 21.4. The second-order valence-electron chi connectivity index (χ2n) is 10.7. The van der Waals surface area contributed by atoms with E-state index in [2.05, 4.69) is 35.5 Å². The lowest BCUT2D eigenvalue weighted by Crippen LogP contribution is -2.50. The van der Waals surface area contributed by atoms with Gasteiger partial charge in [0.05, 0.1) is 17.0 Å². The predicted octanol–water partition coefficient (Wildman–Crippen LogP) is 3.41. The molecule has 2 N–H and O–H groups in total. The van der Waals surface area contributed by atoms with Gasteiger partial charge in [0.2, 0.25) is 5.91 Å². The van der Waals surface area contributed by atoms with Crippen molar-refractivity contribution in [3.05, 3.63) is 45.9 Å². The third-order valence-electron chi connectivity index (χ3n) is 8.07. The lowest BCUT2D eigenvalue weighted by molar-refractivity contribution is -0.124. The molecule has 37 heavy (non-hydrogen) atoms. The van der Waals surface area contributed by atoms with Gasteiger partial charge in [0.25, 0.3) is 5.91 Å². The number of nitriles is 1. The molecule has 7 nitrogen and oxygen atoms in total. The standard InChI is InChI=1S/C28H34FN5O2S/c1-17(2)33-7-9-34(10-8-33)28(36)25-14-21(16-37-25)18-3-4-19(24(29)13-18)11-23(15-30)32-27(35)26-20-5-6-22(12-20)31-26/h3-4,13-14,16-17,20,22-23,26,31H,5-12H2,1-2H3,(H,32,35)/t20-,22+,23-,26-/m0/s1. The zero-order chi connectivity index (χ0) is 26.1. The molecule has 3 aliphatic rings. The van der Waals surface area contributed by atoms with Crippen molar-refractivity contribution in [2.75, 3.05) is 26.2 Å². The number of nitrogens with one attached hydrogen (secondary N) is 2. The maximum absolute atomic E-state index is 15.0. The number of piperidine rings is 1. The number of fused-ring (bicyclic) bond motifs is 2. The highest BCUT2D eigenvalue weighted by Crippen LogP contribution is 2.35. The van der Waals surface area contributed by atoms with Gasteiger partial charge in [-0.1, -0.05) is 12.1 Å². The number of nitrogens with zero attached hydrogens (tertiary/aromatic N) is 3. The SMILES string of the molecule is CC(C)N1CCN(C(=O)c2cc(-c3ccc(C[C@@H](C#N)NC(=O)[C@H]4N[C@@H]5CC[C@H]4C5)c(F)c3)cs2)CC1. The molecule has 0 unspecified atom stereocenters. The monoisotopic (exact) mass is 523 g/mol. The molecule has 1 aromatic heterocycles. The normalized spacial score (nSPS) is 24.3. The summed E-state index contributed by atoms with van der Waals surface area (Å²) in [5.41, 5.74) is 1.86. The summed E-state index contributed by atoms with van der Waals surface area (Å²) in [7, 11) is 0. The van der Waals surface area contributed by atoms with E-state index in [1.807, 2.05) is 22.4 Å². The fourth-order valence-corrected chi connectivity index (χ4v) is 6.73. The Hall–Kier alpha value is -2.80. The van der Waals surface area contributed by atoms with Crippen molar-refractivity contribution in [3.63, 3.8) is 0 Å². The van der Waals surface area contributed by atoms with E-state index >= 15 is 4.39 Å². The van der Waals surface area contributed by atoms with Crippen LogP contribution in [0.3, 0.4) is 0 Å². The maximum Gasteiger partial charge on any atom is 0.264 e. The number of carbonyl (C=O) groups excluding carboxylic acids is 2. The summed E-state index contributed by atoms with van der Waals surface area (Å²) >= 11 is 1.38. The molecule has 1 saturated carbocycles. The van der Waals surface area contributed by atoms with Gasteiger partial charge in [-0.05, 0) is 73.2 Å². The third-order valence-corrected chi connectivity index (χ3v) is 8.99. The van der Waals surface area contributed by atoms with Crippen molar-refractivity contribution in [2.24, 2.45) is 5.92 Å². The van der Waals surface area contributed by atoms with Gasteiger partial charge >= 0.3 is 0 Å². The van der Waals surface area contributed by atoms with Crippen LogP contribution in [0.25, 0.3) is 11.1 Å². The van der Waals surface area contributed by atoms with Crippen LogP contribution < -0.4 is 10.6 Å². The van der Waals surface area contributed by atoms with E-state index in [0.29, 0.717) is 47.1 Å². The zero-order valence-corrected chi connectivity index (χ0v) is 22.2. The van der Waals surface area contributed by atoms with Crippen LogP contribution in [0.2, 0.25) is 0 Å². The van der Waals surface area contributed by atoms with Gasteiger partial charge in [0.1, 0.15) is 11.9 Å². The van der Waals surface area contributed by atoms with Gasteiger partial charge in [-0.2, -0.15) is 5.26 Å². The van der Waals surface area contributed by atoms with Gasteiger partial charge < -0.3 is 15.5 Å². The first kappa shape index (κ1) is 25.8. The molecule has 5 rings (SSSR count). The topological polar surface area (TPSA) is 88.5 Å². The minimum absolute atomic E-state index is 0.0225. The quantitative estimate of drug-likeness (QED) is 0.581. The maximum atomic E-state index is 15.0. The van der Waals surface area contributed by atoms with Gasteiger partial charge in [-0.3, -0.25) is 14.5 Å². The van der Waals surface area contributed by atoms with E-state index in [1.165, 1.54) is 17.4 Å². The summed E-state index contributed by atoms with van der Waals surface area (Å²) in [6.45, 7) is 7.50. The van der Waals surface area contributed by atoms with Crippen LogP contribution in [0.5, 0.6) is 0 Å². The van der Waals surface area contributed by atoms with E-state index in [9.17, 15) is 14.9 Å². The summed E-state index contributed by atoms with van der Waals surface area (Å²) in [4.78, 5) is 30.6. The number of benzene rings is 1. The number of thiophene rings is 1. The summed E-state index contributed by atoms with van der Waals surface area (Å²) < 4.78 is 15.0. The molecule has 0 radical (unpaired) electrons. The van der Waals surface area contributed by atoms with Crippen molar-refractivity contribution in [1.82, 2.24) is 20.4 Å². The van der Waals surface area contributed by atoms with E-state index in [4.69, 9.17) is 0 Å². The molecule has 2 aliphatic heterocycles. The van der Waals surface area contributed by atoms with Crippen LogP contribution in [0.1, 0.15) is 48.3 Å².